The summed E-state index contributed by atoms with van der Waals surface area (Å²) >= 11 is 0. The van der Waals surface area contributed by atoms with Crippen molar-refractivity contribution >= 4 is 11.9 Å². The number of carbonyl (C=O) groups excluding carboxylic acids is 2. The highest BCUT2D eigenvalue weighted by Crippen LogP contribution is 2.10. The lowest BCUT2D eigenvalue weighted by atomic mass is 10.2. The lowest BCUT2D eigenvalue weighted by Gasteiger charge is -2.28. The van der Waals surface area contributed by atoms with Crippen LogP contribution in [0, 0.1) is 0 Å². The number of rotatable bonds is 6. The summed E-state index contributed by atoms with van der Waals surface area (Å²) in [6.07, 6.45) is 0. The van der Waals surface area contributed by atoms with Gasteiger partial charge in [-0.05, 0) is 48.6 Å². The lowest BCUT2D eigenvalue weighted by Crippen LogP contribution is -2.46. The molecular weight excluding hydrogens is 244 g/mol. The smallest absolute Gasteiger partial charge is 0.323 e. The van der Waals surface area contributed by atoms with Crippen molar-refractivity contribution in [2.24, 2.45) is 0 Å². The van der Waals surface area contributed by atoms with Crippen molar-refractivity contribution < 1.29 is 14.3 Å². The Labute approximate surface area is 116 Å². The number of nitrogens with zero attached hydrogens (tertiary/aromatic N) is 2. The van der Waals surface area contributed by atoms with E-state index in [4.69, 9.17) is 4.74 Å². The van der Waals surface area contributed by atoms with Crippen LogP contribution in [-0.4, -0.2) is 60.0 Å². The molecule has 1 atom stereocenters. The monoisotopic (exact) mass is 272 g/mol. The van der Waals surface area contributed by atoms with Crippen LogP contribution >= 0.6 is 0 Å². The van der Waals surface area contributed by atoms with Gasteiger partial charge in [-0.3, -0.25) is 14.5 Å². The molecule has 0 aromatic rings. The summed E-state index contributed by atoms with van der Waals surface area (Å²) < 4.78 is 5.31. The van der Waals surface area contributed by atoms with Gasteiger partial charge in [-0.25, -0.2) is 0 Å². The van der Waals surface area contributed by atoms with Crippen LogP contribution in [0.5, 0.6) is 0 Å². The molecule has 19 heavy (non-hydrogen) atoms. The fraction of sp³-hybridized carbons (Fsp3) is 0.857. The molecule has 0 N–H and O–H groups in total. The molecule has 1 amide bonds. The van der Waals surface area contributed by atoms with E-state index in [0.29, 0.717) is 13.1 Å². The normalized spacial score (nSPS) is 13.3. The number of hydrogen-bond donors (Lipinski definition) is 0. The van der Waals surface area contributed by atoms with Crippen LogP contribution in [0.15, 0.2) is 0 Å². The Morgan fingerprint density at radius 2 is 1.63 bits per heavy atom. The Balaban J connectivity index is 4.45. The van der Waals surface area contributed by atoms with Crippen molar-refractivity contribution in [1.82, 2.24) is 9.80 Å². The van der Waals surface area contributed by atoms with Gasteiger partial charge in [-0.1, -0.05) is 0 Å². The van der Waals surface area contributed by atoms with E-state index in [2.05, 4.69) is 0 Å². The Hall–Kier alpha value is -1.10. The molecule has 112 valence electrons. The van der Waals surface area contributed by atoms with Gasteiger partial charge in [-0.2, -0.15) is 0 Å². The van der Waals surface area contributed by atoms with E-state index in [1.54, 1.807) is 23.8 Å². The first-order valence-electron chi connectivity index (χ1n) is 6.83. The molecular formula is C14H28N2O3. The van der Waals surface area contributed by atoms with Gasteiger partial charge in [0.1, 0.15) is 11.6 Å². The molecule has 0 spiro atoms. The third-order valence-electron chi connectivity index (χ3n) is 2.91. The second-order valence-corrected chi connectivity index (χ2v) is 5.69. The maximum absolute atomic E-state index is 12.0. The van der Waals surface area contributed by atoms with Crippen LogP contribution in [0.4, 0.5) is 0 Å². The summed E-state index contributed by atoms with van der Waals surface area (Å²) in [6, 6.07) is -0.432. The van der Waals surface area contributed by atoms with Crippen molar-refractivity contribution in [3.05, 3.63) is 0 Å². The summed E-state index contributed by atoms with van der Waals surface area (Å²) in [5.41, 5.74) is -0.505. The number of esters is 1. The molecule has 5 nitrogen and oxygen atoms in total. The fourth-order valence-electron chi connectivity index (χ4n) is 1.59. The first kappa shape index (κ1) is 17.9. The zero-order chi connectivity index (χ0) is 15.2. The number of likely N-dealkylation sites (N-methyl/N-ethyl adjacent to an activating group) is 2. The fourth-order valence-corrected chi connectivity index (χ4v) is 1.59. The number of hydrogen-bond acceptors (Lipinski definition) is 4. The summed E-state index contributed by atoms with van der Waals surface area (Å²) in [5, 5.41) is 0. The van der Waals surface area contributed by atoms with Crippen LogP contribution in [0.3, 0.4) is 0 Å². The van der Waals surface area contributed by atoms with Crippen molar-refractivity contribution in [3.8, 4) is 0 Å². The van der Waals surface area contributed by atoms with E-state index in [1.165, 1.54) is 0 Å². The second-order valence-electron chi connectivity index (χ2n) is 5.69. The maximum Gasteiger partial charge on any atom is 0.323 e. The van der Waals surface area contributed by atoms with Crippen molar-refractivity contribution in [3.63, 3.8) is 0 Å². The summed E-state index contributed by atoms with van der Waals surface area (Å²) in [4.78, 5) is 27.3. The van der Waals surface area contributed by atoms with Crippen molar-refractivity contribution in [2.75, 3.05) is 26.7 Å². The standard InChI is InChI=1S/C14H28N2O3/c1-8-16(9-2)12(17)10-15(7)11(3)13(18)19-14(4,5)6/h11H,8-10H2,1-7H3. The SMILES string of the molecule is CCN(CC)C(=O)CN(C)C(C)C(=O)OC(C)(C)C. The van der Waals surface area contributed by atoms with Gasteiger partial charge in [0.2, 0.25) is 5.91 Å². The first-order valence-corrected chi connectivity index (χ1v) is 6.83. The highest BCUT2D eigenvalue weighted by atomic mass is 16.6. The van der Waals surface area contributed by atoms with E-state index < -0.39 is 11.6 Å². The Kier molecular flexibility index (Phi) is 7.05. The minimum atomic E-state index is -0.505. The summed E-state index contributed by atoms with van der Waals surface area (Å²) in [5.74, 6) is -0.273. The highest BCUT2D eigenvalue weighted by molar-refractivity contribution is 5.80. The van der Waals surface area contributed by atoms with Gasteiger partial charge < -0.3 is 9.64 Å². The van der Waals surface area contributed by atoms with Crippen molar-refractivity contribution in [1.29, 1.82) is 0 Å². The third-order valence-corrected chi connectivity index (χ3v) is 2.91. The Morgan fingerprint density at radius 3 is 2.00 bits per heavy atom. The molecule has 0 saturated heterocycles. The van der Waals surface area contributed by atoms with Gasteiger partial charge >= 0.3 is 5.97 Å². The molecule has 1 unspecified atom stereocenters. The van der Waals surface area contributed by atoms with Crippen LogP contribution in [0.1, 0.15) is 41.5 Å². The maximum atomic E-state index is 12.0. The molecule has 0 rings (SSSR count). The molecule has 0 radical (unpaired) electrons. The van der Waals surface area contributed by atoms with Crippen molar-refractivity contribution in [2.45, 2.75) is 53.2 Å². The van der Waals surface area contributed by atoms with E-state index >= 15 is 0 Å². The topological polar surface area (TPSA) is 49.9 Å². The molecule has 0 bridgehead atoms. The first-order chi connectivity index (χ1) is 8.62. The predicted molar refractivity (Wildman–Crippen MR) is 75.9 cm³/mol. The molecule has 0 aliphatic carbocycles. The summed E-state index contributed by atoms with van der Waals surface area (Å²) in [7, 11) is 1.76. The Bertz CT molecular complexity index is 306. The van der Waals surface area contributed by atoms with Crippen LogP contribution in [-0.2, 0) is 14.3 Å². The lowest BCUT2D eigenvalue weighted by molar-refractivity contribution is -0.160. The highest BCUT2D eigenvalue weighted by Gasteiger charge is 2.26. The van der Waals surface area contributed by atoms with Crippen LogP contribution < -0.4 is 0 Å². The zero-order valence-electron chi connectivity index (χ0n) is 13.3. The number of carbonyl (C=O) groups is 2. The minimum absolute atomic E-state index is 0.0305. The summed E-state index contributed by atoms with van der Waals surface area (Å²) in [6.45, 7) is 12.7. The van der Waals surface area contributed by atoms with Gasteiger partial charge in [0.15, 0.2) is 0 Å². The van der Waals surface area contributed by atoms with Crippen LogP contribution in [0.2, 0.25) is 0 Å². The number of ether oxygens (including phenoxy) is 1. The molecule has 0 heterocycles. The largest absolute Gasteiger partial charge is 0.459 e. The average molecular weight is 272 g/mol. The number of amides is 1. The average Bonchev–Trinajstić information content (AvgIpc) is 2.27. The second kappa shape index (κ2) is 7.48. The molecule has 5 heteroatoms. The minimum Gasteiger partial charge on any atom is -0.459 e. The zero-order valence-corrected chi connectivity index (χ0v) is 13.3. The molecule has 0 aromatic carbocycles. The van der Waals surface area contributed by atoms with E-state index in [9.17, 15) is 9.59 Å². The van der Waals surface area contributed by atoms with Crippen LogP contribution in [0.25, 0.3) is 0 Å². The van der Waals surface area contributed by atoms with Gasteiger partial charge in [0.05, 0.1) is 6.54 Å². The molecule has 0 saturated carbocycles. The Morgan fingerprint density at radius 1 is 1.16 bits per heavy atom. The van der Waals surface area contributed by atoms with Gasteiger partial charge in [-0.15, -0.1) is 0 Å². The predicted octanol–water partition coefficient (Wildman–Crippen LogP) is 1.52. The molecule has 0 aliphatic rings. The molecule has 0 aliphatic heterocycles. The van der Waals surface area contributed by atoms with E-state index in [0.717, 1.165) is 0 Å². The van der Waals surface area contributed by atoms with Gasteiger partial charge in [0, 0.05) is 13.1 Å². The molecule has 0 aromatic heterocycles. The quantitative estimate of drug-likeness (QED) is 0.688. The third kappa shape index (κ3) is 6.57. The molecule has 0 fully saturated rings. The van der Waals surface area contributed by atoms with E-state index in [-0.39, 0.29) is 18.4 Å². The van der Waals surface area contributed by atoms with Gasteiger partial charge in [0.25, 0.3) is 0 Å². The van der Waals surface area contributed by atoms with E-state index in [1.807, 2.05) is 34.6 Å².